The SMILES string of the molecule is CP(C)c1ccccc1Nc1ccnc(Nc2ccc3n[nH]c(C4CCNCC4)c3c2)n1. The van der Waals surface area contributed by atoms with E-state index in [1.807, 2.05) is 24.3 Å². The number of fused-ring (bicyclic) bond motifs is 1. The van der Waals surface area contributed by atoms with Gasteiger partial charge in [-0.15, -0.1) is 0 Å². The zero-order valence-electron chi connectivity index (χ0n) is 18.4. The molecule has 8 heteroatoms. The second-order valence-electron chi connectivity index (χ2n) is 8.32. The number of anilines is 4. The van der Waals surface area contributed by atoms with Gasteiger partial charge in [0.05, 0.1) is 5.52 Å². The Kier molecular flexibility index (Phi) is 6.02. The lowest BCUT2D eigenvalue weighted by Gasteiger charge is -2.21. The van der Waals surface area contributed by atoms with Gasteiger partial charge in [-0.05, 0) is 74.9 Å². The number of piperidine rings is 1. The van der Waals surface area contributed by atoms with Crippen molar-refractivity contribution in [1.82, 2.24) is 25.5 Å². The third-order valence-electron chi connectivity index (χ3n) is 5.89. The van der Waals surface area contributed by atoms with E-state index in [0.29, 0.717) is 11.9 Å². The minimum Gasteiger partial charge on any atom is -0.340 e. The molecule has 0 unspecified atom stereocenters. The highest BCUT2D eigenvalue weighted by Gasteiger charge is 2.20. The first kappa shape index (κ1) is 20.9. The van der Waals surface area contributed by atoms with Crippen LogP contribution in [0.1, 0.15) is 24.5 Å². The summed E-state index contributed by atoms with van der Waals surface area (Å²) < 4.78 is 0. The van der Waals surface area contributed by atoms with Crippen molar-refractivity contribution in [3.63, 3.8) is 0 Å². The van der Waals surface area contributed by atoms with E-state index in [2.05, 4.69) is 73.7 Å². The van der Waals surface area contributed by atoms with E-state index < -0.39 is 0 Å². The van der Waals surface area contributed by atoms with E-state index in [1.54, 1.807) is 6.20 Å². The number of aromatic amines is 1. The van der Waals surface area contributed by atoms with Gasteiger partial charge >= 0.3 is 0 Å². The van der Waals surface area contributed by atoms with Crippen molar-refractivity contribution in [1.29, 1.82) is 0 Å². The van der Waals surface area contributed by atoms with Gasteiger partial charge in [-0.3, -0.25) is 5.10 Å². The molecule has 0 bridgehead atoms. The van der Waals surface area contributed by atoms with Crippen LogP contribution in [0.15, 0.2) is 54.7 Å². The Morgan fingerprint density at radius 1 is 1.00 bits per heavy atom. The largest absolute Gasteiger partial charge is 0.340 e. The Balaban J connectivity index is 1.38. The molecule has 1 fully saturated rings. The van der Waals surface area contributed by atoms with Gasteiger partial charge in [-0.25, -0.2) is 4.98 Å². The van der Waals surface area contributed by atoms with Crippen LogP contribution in [0.2, 0.25) is 0 Å². The van der Waals surface area contributed by atoms with Gasteiger partial charge in [0.25, 0.3) is 0 Å². The molecule has 3 heterocycles. The maximum absolute atomic E-state index is 4.69. The average molecular weight is 446 g/mol. The summed E-state index contributed by atoms with van der Waals surface area (Å²) in [4.78, 5) is 9.11. The van der Waals surface area contributed by atoms with Crippen molar-refractivity contribution in [2.75, 3.05) is 37.1 Å². The van der Waals surface area contributed by atoms with Crippen molar-refractivity contribution in [2.24, 2.45) is 0 Å². The van der Waals surface area contributed by atoms with Gasteiger partial charge < -0.3 is 16.0 Å². The number of benzene rings is 2. The Bertz CT molecular complexity index is 1210. The fourth-order valence-electron chi connectivity index (χ4n) is 4.25. The van der Waals surface area contributed by atoms with Crippen LogP contribution in [0.25, 0.3) is 10.9 Å². The van der Waals surface area contributed by atoms with E-state index in [4.69, 9.17) is 0 Å². The van der Waals surface area contributed by atoms with Gasteiger partial charge in [0.1, 0.15) is 5.82 Å². The first-order chi connectivity index (χ1) is 15.7. The number of rotatable bonds is 6. The van der Waals surface area contributed by atoms with Gasteiger partial charge in [-0.1, -0.05) is 26.1 Å². The number of para-hydroxylation sites is 1. The summed E-state index contributed by atoms with van der Waals surface area (Å²) in [6.45, 7) is 6.62. The third kappa shape index (κ3) is 4.45. The van der Waals surface area contributed by atoms with Crippen molar-refractivity contribution in [3.05, 3.63) is 60.4 Å². The standard InChI is InChI=1S/C24H28N7P/c1-32(2)21-6-4-3-5-20(21)28-22-11-14-26-24(29-22)27-17-7-8-19-18(15-17)23(31-30-19)16-9-12-25-13-10-16/h3-8,11,14-16,25H,9-10,12-13H2,1-2H3,(H,30,31)(H2,26,27,28,29). The minimum absolute atomic E-state index is 0.216. The normalized spacial score (nSPS) is 14.7. The highest BCUT2D eigenvalue weighted by molar-refractivity contribution is 7.64. The first-order valence-electron chi connectivity index (χ1n) is 11.0. The molecular formula is C24H28N7P. The lowest BCUT2D eigenvalue weighted by molar-refractivity contribution is 0.454. The summed E-state index contributed by atoms with van der Waals surface area (Å²) >= 11 is 0. The smallest absolute Gasteiger partial charge is 0.229 e. The minimum atomic E-state index is -0.216. The van der Waals surface area contributed by atoms with Crippen LogP contribution in [-0.2, 0) is 0 Å². The van der Waals surface area contributed by atoms with Crippen LogP contribution in [0.5, 0.6) is 0 Å². The Hall–Kier alpha value is -3.02. The molecule has 2 aromatic carbocycles. The van der Waals surface area contributed by atoms with E-state index in [9.17, 15) is 0 Å². The summed E-state index contributed by atoms with van der Waals surface area (Å²) in [6.07, 6.45) is 4.04. The number of hydrogen-bond donors (Lipinski definition) is 4. The van der Waals surface area contributed by atoms with Crippen molar-refractivity contribution >= 4 is 47.3 Å². The monoisotopic (exact) mass is 445 g/mol. The van der Waals surface area contributed by atoms with Crippen molar-refractivity contribution in [3.8, 4) is 0 Å². The predicted octanol–water partition coefficient (Wildman–Crippen LogP) is 4.67. The number of aromatic nitrogens is 4. The molecule has 1 aliphatic rings. The van der Waals surface area contributed by atoms with Crippen LogP contribution in [-0.4, -0.2) is 46.6 Å². The molecule has 1 saturated heterocycles. The molecule has 1 aliphatic heterocycles. The molecule has 0 saturated carbocycles. The zero-order chi connectivity index (χ0) is 21.9. The predicted molar refractivity (Wildman–Crippen MR) is 134 cm³/mol. The first-order valence-corrected chi connectivity index (χ1v) is 13.2. The zero-order valence-corrected chi connectivity index (χ0v) is 19.3. The lowest BCUT2D eigenvalue weighted by atomic mass is 9.92. The maximum Gasteiger partial charge on any atom is 0.229 e. The molecule has 0 aliphatic carbocycles. The highest BCUT2D eigenvalue weighted by Crippen LogP contribution is 2.32. The number of hydrogen-bond acceptors (Lipinski definition) is 6. The maximum atomic E-state index is 4.69. The van der Waals surface area contributed by atoms with Crippen LogP contribution >= 0.6 is 7.92 Å². The van der Waals surface area contributed by atoms with Gasteiger partial charge in [0.15, 0.2) is 0 Å². The van der Waals surface area contributed by atoms with E-state index >= 15 is 0 Å². The molecule has 0 amide bonds. The van der Waals surface area contributed by atoms with Gasteiger partial charge in [0.2, 0.25) is 5.95 Å². The van der Waals surface area contributed by atoms with Crippen LogP contribution in [0, 0.1) is 0 Å². The number of nitrogens with zero attached hydrogens (tertiary/aromatic N) is 3. The molecule has 0 atom stereocenters. The molecule has 0 spiro atoms. The highest BCUT2D eigenvalue weighted by atomic mass is 31.1. The van der Waals surface area contributed by atoms with Crippen molar-refractivity contribution < 1.29 is 0 Å². The summed E-state index contributed by atoms with van der Waals surface area (Å²) in [5, 5.41) is 20.6. The quantitative estimate of drug-likeness (QED) is 0.323. The van der Waals surface area contributed by atoms with Gasteiger partial charge in [-0.2, -0.15) is 10.1 Å². The Morgan fingerprint density at radius 3 is 2.69 bits per heavy atom. The van der Waals surface area contributed by atoms with E-state index in [-0.39, 0.29) is 7.92 Å². The Labute approximate surface area is 189 Å². The summed E-state index contributed by atoms with van der Waals surface area (Å²) in [5.74, 6) is 1.85. The van der Waals surface area contributed by atoms with Crippen molar-refractivity contribution in [2.45, 2.75) is 18.8 Å². The molecule has 164 valence electrons. The fourth-order valence-corrected chi connectivity index (χ4v) is 5.25. The molecule has 4 N–H and O–H groups in total. The average Bonchev–Trinajstić information content (AvgIpc) is 3.23. The molecule has 32 heavy (non-hydrogen) atoms. The summed E-state index contributed by atoms with van der Waals surface area (Å²) in [6, 6.07) is 16.5. The molecule has 2 aromatic heterocycles. The summed E-state index contributed by atoms with van der Waals surface area (Å²) in [5.41, 5.74) is 4.28. The number of H-pyrrole nitrogens is 1. The van der Waals surface area contributed by atoms with E-state index in [1.165, 1.54) is 16.4 Å². The molecule has 7 nitrogen and oxygen atoms in total. The van der Waals surface area contributed by atoms with E-state index in [0.717, 1.165) is 48.6 Å². The molecule has 4 aromatic rings. The molecule has 0 radical (unpaired) electrons. The number of nitrogens with one attached hydrogen (secondary N) is 4. The molecule has 5 rings (SSSR count). The Morgan fingerprint density at radius 2 is 1.84 bits per heavy atom. The fraction of sp³-hybridized carbons (Fsp3) is 0.292. The van der Waals surface area contributed by atoms with Gasteiger partial charge in [0, 0.05) is 34.6 Å². The second kappa shape index (κ2) is 9.23. The van der Waals surface area contributed by atoms with Crippen LogP contribution in [0.4, 0.5) is 23.1 Å². The summed E-state index contributed by atoms with van der Waals surface area (Å²) in [7, 11) is -0.216. The second-order valence-corrected chi connectivity index (χ2v) is 10.6. The third-order valence-corrected chi connectivity index (χ3v) is 7.24. The topological polar surface area (TPSA) is 90.5 Å². The lowest BCUT2D eigenvalue weighted by Crippen LogP contribution is -2.26. The van der Waals surface area contributed by atoms with Crippen LogP contribution in [0.3, 0.4) is 0 Å². The molecular weight excluding hydrogens is 417 g/mol. The van der Waals surface area contributed by atoms with Crippen LogP contribution < -0.4 is 21.3 Å².